The standard InChI is InChI=1S/C20H23FN2O3S/c1-15-7-8-18(21)12-19(15)27(25,26)23-10-9-17(14-23)11-20(24)22-13-16-5-3-2-4-6-16/h2-8,12,17H,9-11,13-14H2,1H3,(H,22,24). The van der Waals surface area contributed by atoms with Crippen LogP contribution in [0.4, 0.5) is 4.39 Å². The Morgan fingerprint density at radius 3 is 2.70 bits per heavy atom. The summed E-state index contributed by atoms with van der Waals surface area (Å²) in [6, 6.07) is 13.4. The predicted octanol–water partition coefficient (Wildman–Crippen LogP) is 2.85. The number of nitrogens with one attached hydrogen (secondary N) is 1. The zero-order chi connectivity index (χ0) is 19.4. The molecule has 3 rings (SSSR count). The second-order valence-corrected chi connectivity index (χ2v) is 8.80. The van der Waals surface area contributed by atoms with E-state index in [1.165, 1.54) is 16.4 Å². The lowest BCUT2D eigenvalue weighted by molar-refractivity contribution is -0.122. The number of carbonyl (C=O) groups excluding carboxylic acids is 1. The van der Waals surface area contributed by atoms with E-state index in [2.05, 4.69) is 5.32 Å². The Kier molecular flexibility index (Phi) is 5.92. The average molecular weight is 390 g/mol. The summed E-state index contributed by atoms with van der Waals surface area (Å²) in [7, 11) is -3.75. The zero-order valence-corrected chi connectivity index (χ0v) is 16.0. The highest BCUT2D eigenvalue weighted by Crippen LogP contribution is 2.28. The molecule has 0 aliphatic carbocycles. The number of hydrogen-bond donors (Lipinski definition) is 1. The number of carbonyl (C=O) groups is 1. The molecule has 1 unspecified atom stereocenters. The molecule has 0 bridgehead atoms. The van der Waals surface area contributed by atoms with Gasteiger partial charge in [0.05, 0.1) is 4.90 Å². The van der Waals surface area contributed by atoms with Crippen molar-refractivity contribution in [1.29, 1.82) is 0 Å². The van der Waals surface area contributed by atoms with Gasteiger partial charge >= 0.3 is 0 Å². The van der Waals surface area contributed by atoms with Gasteiger partial charge in [-0.05, 0) is 42.5 Å². The fourth-order valence-electron chi connectivity index (χ4n) is 3.30. The van der Waals surface area contributed by atoms with Crippen LogP contribution in [0.15, 0.2) is 53.4 Å². The van der Waals surface area contributed by atoms with Gasteiger partial charge in [-0.15, -0.1) is 0 Å². The molecule has 1 atom stereocenters. The first-order chi connectivity index (χ1) is 12.9. The molecule has 0 saturated carbocycles. The van der Waals surface area contributed by atoms with E-state index in [4.69, 9.17) is 0 Å². The summed E-state index contributed by atoms with van der Waals surface area (Å²) >= 11 is 0. The van der Waals surface area contributed by atoms with Gasteiger partial charge in [-0.25, -0.2) is 12.8 Å². The maximum Gasteiger partial charge on any atom is 0.243 e. The molecule has 2 aromatic rings. The minimum atomic E-state index is -3.75. The monoisotopic (exact) mass is 390 g/mol. The van der Waals surface area contributed by atoms with Gasteiger partial charge in [0.2, 0.25) is 15.9 Å². The third-order valence-electron chi connectivity index (χ3n) is 4.82. The normalized spacial score (nSPS) is 17.8. The fourth-order valence-corrected chi connectivity index (χ4v) is 5.07. The van der Waals surface area contributed by atoms with E-state index in [0.717, 1.165) is 11.6 Å². The van der Waals surface area contributed by atoms with Crippen LogP contribution >= 0.6 is 0 Å². The Bertz CT molecular complexity index is 916. The van der Waals surface area contributed by atoms with Gasteiger partial charge in [0.25, 0.3) is 0 Å². The highest BCUT2D eigenvalue weighted by Gasteiger charge is 2.34. The molecule has 2 aromatic carbocycles. The summed E-state index contributed by atoms with van der Waals surface area (Å²) in [6.45, 7) is 2.72. The van der Waals surface area contributed by atoms with E-state index in [0.29, 0.717) is 25.1 Å². The largest absolute Gasteiger partial charge is 0.352 e. The van der Waals surface area contributed by atoms with Gasteiger partial charge < -0.3 is 5.32 Å². The van der Waals surface area contributed by atoms with Crippen molar-refractivity contribution in [1.82, 2.24) is 9.62 Å². The Morgan fingerprint density at radius 2 is 1.96 bits per heavy atom. The Labute approximate surface area is 159 Å². The highest BCUT2D eigenvalue weighted by molar-refractivity contribution is 7.89. The average Bonchev–Trinajstić information content (AvgIpc) is 3.12. The van der Waals surface area contributed by atoms with Gasteiger partial charge in [0, 0.05) is 26.1 Å². The summed E-state index contributed by atoms with van der Waals surface area (Å²) < 4.78 is 40.5. The predicted molar refractivity (Wildman–Crippen MR) is 101 cm³/mol. The molecule has 27 heavy (non-hydrogen) atoms. The zero-order valence-electron chi connectivity index (χ0n) is 15.2. The van der Waals surface area contributed by atoms with Crippen LogP contribution in [0, 0.1) is 18.7 Å². The quantitative estimate of drug-likeness (QED) is 0.825. The van der Waals surface area contributed by atoms with Gasteiger partial charge in [0.15, 0.2) is 0 Å². The first-order valence-electron chi connectivity index (χ1n) is 8.93. The van der Waals surface area contributed by atoms with Crippen molar-refractivity contribution in [3.63, 3.8) is 0 Å². The number of sulfonamides is 1. The summed E-state index contributed by atoms with van der Waals surface area (Å²) in [5.74, 6) is -0.704. The minimum Gasteiger partial charge on any atom is -0.352 e. The van der Waals surface area contributed by atoms with Crippen molar-refractivity contribution >= 4 is 15.9 Å². The van der Waals surface area contributed by atoms with Crippen LogP contribution in [0.3, 0.4) is 0 Å². The lowest BCUT2D eigenvalue weighted by atomic mass is 10.0. The Balaban J connectivity index is 1.58. The molecule has 0 radical (unpaired) electrons. The molecule has 1 aliphatic rings. The molecule has 1 aliphatic heterocycles. The van der Waals surface area contributed by atoms with Crippen LogP contribution < -0.4 is 5.32 Å². The third kappa shape index (κ3) is 4.73. The number of benzene rings is 2. The fraction of sp³-hybridized carbons (Fsp3) is 0.350. The molecular formula is C20H23FN2O3S. The van der Waals surface area contributed by atoms with E-state index in [1.54, 1.807) is 6.92 Å². The van der Waals surface area contributed by atoms with Crippen molar-refractivity contribution in [2.24, 2.45) is 5.92 Å². The number of amides is 1. The molecule has 0 aromatic heterocycles. The van der Waals surface area contributed by atoms with Crippen LogP contribution in [-0.4, -0.2) is 31.7 Å². The summed E-state index contributed by atoms with van der Waals surface area (Å²) in [5.41, 5.74) is 1.53. The molecule has 144 valence electrons. The minimum absolute atomic E-state index is 0.00307. The van der Waals surface area contributed by atoms with Crippen molar-refractivity contribution in [2.45, 2.75) is 31.2 Å². The van der Waals surface area contributed by atoms with E-state index < -0.39 is 15.8 Å². The number of halogens is 1. The maximum atomic E-state index is 13.5. The number of aryl methyl sites for hydroxylation is 1. The second kappa shape index (κ2) is 8.19. The number of nitrogens with zero attached hydrogens (tertiary/aromatic N) is 1. The molecule has 7 heteroatoms. The van der Waals surface area contributed by atoms with Crippen LogP contribution in [-0.2, 0) is 21.4 Å². The highest BCUT2D eigenvalue weighted by atomic mass is 32.2. The topological polar surface area (TPSA) is 66.5 Å². The van der Waals surface area contributed by atoms with Crippen molar-refractivity contribution in [3.05, 3.63) is 65.5 Å². The molecule has 5 nitrogen and oxygen atoms in total. The van der Waals surface area contributed by atoms with Gasteiger partial charge in [0.1, 0.15) is 5.82 Å². The SMILES string of the molecule is Cc1ccc(F)cc1S(=O)(=O)N1CCC(CC(=O)NCc2ccccc2)C1. The molecular weight excluding hydrogens is 367 g/mol. The molecule has 1 heterocycles. The first-order valence-corrected chi connectivity index (χ1v) is 10.4. The van der Waals surface area contributed by atoms with E-state index in [9.17, 15) is 17.6 Å². The van der Waals surface area contributed by atoms with Crippen LogP contribution in [0.5, 0.6) is 0 Å². The summed E-state index contributed by atoms with van der Waals surface area (Å²) in [4.78, 5) is 12.2. The van der Waals surface area contributed by atoms with Crippen LogP contribution in [0.1, 0.15) is 24.0 Å². The molecule has 1 amide bonds. The molecule has 1 fully saturated rings. The van der Waals surface area contributed by atoms with E-state index >= 15 is 0 Å². The summed E-state index contributed by atoms with van der Waals surface area (Å²) in [5, 5.41) is 2.87. The van der Waals surface area contributed by atoms with Crippen molar-refractivity contribution < 1.29 is 17.6 Å². The van der Waals surface area contributed by atoms with Crippen LogP contribution in [0.2, 0.25) is 0 Å². The molecule has 1 N–H and O–H groups in total. The van der Waals surface area contributed by atoms with E-state index in [1.807, 2.05) is 30.3 Å². The van der Waals surface area contributed by atoms with Crippen molar-refractivity contribution in [3.8, 4) is 0 Å². The molecule has 1 saturated heterocycles. The second-order valence-electron chi connectivity index (χ2n) is 6.89. The van der Waals surface area contributed by atoms with Crippen molar-refractivity contribution in [2.75, 3.05) is 13.1 Å². The van der Waals surface area contributed by atoms with Gasteiger partial charge in [-0.3, -0.25) is 4.79 Å². The Morgan fingerprint density at radius 1 is 1.22 bits per heavy atom. The lowest BCUT2D eigenvalue weighted by Gasteiger charge is -2.18. The van der Waals surface area contributed by atoms with Gasteiger partial charge in [-0.2, -0.15) is 4.31 Å². The maximum absolute atomic E-state index is 13.5. The summed E-state index contributed by atoms with van der Waals surface area (Å²) in [6.07, 6.45) is 0.896. The number of hydrogen-bond acceptors (Lipinski definition) is 3. The number of rotatable bonds is 6. The smallest absolute Gasteiger partial charge is 0.243 e. The lowest BCUT2D eigenvalue weighted by Crippen LogP contribution is -2.31. The Hall–Kier alpha value is -2.25. The first kappa shape index (κ1) is 19.5. The van der Waals surface area contributed by atoms with E-state index in [-0.39, 0.29) is 29.7 Å². The van der Waals surface area contributed by atoms with Crippen LogP contribution in [0.25, 0.3) is 0 Å². The van der Waals surface area contributed by atoms with Gasteiger partial charge in [-0.1, -0.05) is 36.4 Å². The third-order valence-corrected chi connectivity index (χ3v) is 6.83. The molecule has 0 spiro atoms.